The highest BCUT2D eigenvalue weighted by atomic mass is 16.5. The maximum Gasteiger partial charge on any atom is 0.258 e. The SMILES string of the molecule is [C-]#[N+]C1(CN2CCC3(CCc4c(-c5noc(-c6ccc(OC(C)C)c(C#N)c6)n5)cccc43)C2)CC1. The van der Waals surface area contributed by atoms with Crippen LogP contribution in [-0.4, -0.2) is 46.3 Å². The third-order valence-electron chi connectivity index (χ3n) is 7.99. The molecule has 0 radical (unpaired) electrons. The van der Waals surface area contributed by atoms with Gasteiger partial charge in [0.2, 0.25) is 11.4 Å². The second kappa shape index (κ2) is 8.47. The quantitative estimate of drug-likeness (QED) is 0.440. The number of fused-ring (bicyclic) bond motifs is 2. The smallest absolute Gasteiger partial charge is 0.258 e. The second-order valence-corrected chi connectivity index (χ2v) is 10.8. The minimum absolute atomic E-state index is 0.0177. The van der Waals surface area contributed by atoms with Crippen molar-refractivity contribution in [1.82, 2.24) is 15.0 Å². The number of rotatable bonds is 6. The number of nitrogens with zero attached hydrogens (tertiary/aromatic N) is 5. The van der Waals surface area contributed by atoms with Crippen LogP contribution in [-0.2, 0) is 11.8 Å². The summed E-state index contributed by atoms with van der Waals surface area (Å²) in [5.41, 5.74) is 4.94. The molecular weight excluding hydrogens is 450 g/mol. The van der Waals surface area contributed by atoms with Gasteiger partial charge in [0.25, 0.3) is 5.89 Å². The van der Waals surface area contributed by atoms with Crippen LogP contribution in [0.4, 0.5) is 0 Å². The van der Waals surface area contributed by atoms with Crippen LogP contribution < -0.4 is 4.74 Å². The lowest BCUT2D eigenvalue weighted by Crippen LogP contribution is -2.34. The lowest BCUT2D eigenvalue weighted by Gasteiger charge is -2.26. The summed E-state index contributed by atoms with van der Waals surface area (Å²) in [4.78, 5) is 11.2. The zero-order chi connectivity index (χ0) is 24.9. The Labute approximate surface area is 211 Å². The van der Waals surface area contributed by atoms with E-state index in [1.807, 2.05) is 19.9 Å². The molecular formula is C29H29N5O2. The van der Waals surface area contributed by atoms with Gasteiger partial charge < -0.3 is 14.1 Å². The zero-order valence-electron chi connectivity index (χ0n) is 20.8. The van der Waals surface area contributed by atoms with Crippen LogP contribution in [0.2, 0.25) is 0 Å². The van der Waals surface area contributed by atoms with E-state index in [0.29, 0.717) is 28.6 Å². The van der Waals surface area contributed by atoms with Crippen LogP contribution in [0.3, 0.4) is 0 Å². The summed E-state index contributed by atoms with van der Waals surface area (Å²) in [5.74, 6) is 1.53. The fourth-order valence-corrected chi connectivity index (χ4v) is 6.00. The Hall–Kier alpha value is -3.68. The van der Waals surface area contributed by atoms with Crippen molar-refractivity contribution in [3.8, 4) is 34.7 Å². The van der Waals surface area contributed by atoms with Crippen LogP contribution in [0.1, 0.15) is 56.2 Å². The summed E-state index contributed by atoms with van der Waals surface area (Å²) < 4.78 is 11.4. The summed E-state index contributed by atoms with van der Waals surface area (Å²) >= 11 is 0. The molecule has 1 saturated heterocycles. The third-order valence-corrected chi connectivity index (χ3v) is 7.99. The molecule has 1 aliphatic heterocycles. The maximum atomic E-state index is 9.58. The number of benzene rings is 2. The third kappa shape index (κ3) is 3.85. The molecule has 1 aromatic heterocycles. The van der Waals surface area contributed by atoms with Gasteiger partial charge in [-0.05, 0) is 69.0 Å². The molecule has 1 spiro atoms. The topological polar surface area (TPSA) is 79.5 Å². The van der Waals surface area contributed by atoms with E-state index in [1.165, 1.54) is 11.1 Å². The molecule has 3 aromatic rings. The predicted molar refractivity (Wildman–Crippen MR) is 135 cm³/mol. The van der Waals surface area contributed by atoms with Crippen molar-refractivity contribution in [1.29, 1.82) is 5.26 Å². The van der Waals surface area contributed by atoms with Gasteiger partial charge in [0.1, 0.15) is 11.8 Å². The standard InChI is InChI=1S/C29H29N5O2/c1-19(2)35-25-8-7-20(15-21(25)16-30)27-32-26(33-36-27)23-5-4-6-24-22(23)9-10-28(24)13-14-34(17-28)18-29(31-3)11-12-29/h4-8,15,19H,9-14,17-18H2,1-2H3. The minimum atomic E-state index is -0.111. The lowest BCUT2D eigenvalue weighted by atomic mass is 9.81. The van der Waals surface area contributed by atoms with Gasteiger partial charge in [0.05, 0.1) is 18.2 Å². The van der Waals surface area contributed by atoms with E-state index >= 15 is 0 Å². The van der Waals surface area contributed by atoms with E-state index in [0.717, 1.165) is 57.3 Å². The van der Waals surface area contributed by atoms with Crippen LogP contribution in [0.5, 0.6) is 5.75 Å². The molecule has 1 saturated carbocycles. The minimum Gasteiger partial charge on any atom is -0.490 e. The molecule has 182 valence electrons. The summed E-state index contributed by atoms with van der Waals surface area (Å²) in [5, 5.41) is 13.9. The van der Waals surface area contributed by atoms with Gasteiger partial charge >= 0.3 is 0 Å². The molecule has 0 bridgehead atoms. The van der Waals surface area contributed by atoms with Gasteiger partial charge in [-0.3, -0.25) is 4.90 Å². The fourth-order valence-electron chi connectivity index (χ4n) is 6.00. The van der Waals surface area contributed by atoms with Crippen molar-refractivity contribution in [3.63, 3.8) is 0 Å². The molecule has 7 heteroatoms. The first-order valence-corrected chi connectivity index (χ1v) is 12.7. The Bertz CT molecular complexity index is 1410. The Morgan fingerprint density at radius 2 is 2.08 bits per heavy atom. The van der Waals surface area contributed by atoms with Gasteiger partial charge in [-0.25, -0.2) is 6.57 Å². The Balaban J connectivity index is 1.27. The fraction of sp³-hybridized carbons (Fsp3) is 0.448. The van der Waals surface area contributed by atoms with E-state index in [2.05, 4.69) is 39.2 Å². The Kier molecular flexibility index (Phi) is 5.35. The molecule has 2 heterocycles. The molecule has 2 aromatic carbocycles. The van der Waals surface area contributed by atoms with Crippen molar-refractivity contribution in [2.24, 2.45) is 0 Å². The highest BCUT2D eigenvalue weighted by Gasteiger charge is 2.54. The average molecular weight is 480 g/mol. The van der Waals surface area contributed by atoms with Gasteiger partial charge in [0, 0.05) is 35.9 Å². The summed E-state index contributed by atoms with van der Waals surface area (Å²) in [6.45, 7) is 14.4. The van der Waals surface area contributed by atoms with Crippen molar-refractivity contribution in [2.75, 3.05) is 19.6 Å². The molecule has 0 amide bonds. The van der Waals surface area contributed by atoms with E-state index < -0.39 is 0 Å². The van der Waals surface area contributed by atoms with Crippen LogP contribution in [0.15, 0.2) is 40.9 Å². The monoisotopic (exact) mass is 479 g/mol. The highest BCUT2D eigenvalue weighted by molar-refractivity contribution is 5.68. The van der Waals surface area contributed by atoms with Crippen LogP contribution in [0, 0.1) is 17.9 Å². The Morgan fingerprint density at radius 1 is 1.22 bits per heavy atom. The zero-order valence-corrected chi connectivity index (χ0v) is 20.8. The molecule has 1 atom stereocenters. The van der Waals surface area contributed by atoms with Crippen molar-refractivity contribution in [3.05, 3.63) is 64.5 Å². The molecule has 3 aliphatic rings. The van der Waals surface area contributed by atoms with Crippen molar-refractivity contribution < 1.29 is 9.26 Å². The number of nitriles is 1. The predicted octanol–water partition coefficient (Wildman–Crippen LogP) is 5.40. The van der Waals surface area contributed by atoms with E-state index in [9.17, 15) is 5.26 Å². The number of ether oxygens (including phenoxy) is 1. The largest absolute Gasteiger partial charge is 0.490 e. The molecule has 0 N–H and O–H groups in total. The van der Waals surface area contributed by atoms with E-state index in [4.69, 9.17) is 20.8 Å². The first kappa shape index (κ1) is 22.8. The summed E-state index contributed by atoms with van der Waals surface area (Å²) in [6, 6.07) is 14.0. The molecule has 36 heavy (non-hydrogen) atoms. The highest BCUT2D eigenvalue weighted by Crippen LogP contribution is 2.49. The Morgan fingerprint density at radius 3 is 2.83 bits per heavy atom. The lowest BCUT2D eigenvalue weighted by molar-refractivity contribution is 0.241. The first-order valence-electron chi connectivity index (χ1n) is 12.7. The first-order chi connectivity index (χ1) is 17.4. The van der Waals surface area contributed by atoms with Gasteiger partial charge in [-0.2, -0.15) is 10.2 Å². The number of likely N-dealkylation sites (tertiary alicyclic amines) is 1. The molecule has 2 aliphatic carbocycles. The molecule has 7 nitrogen and oxygen atoms in total. The van der Waals surface area contributed by atoms with Crippen molar-refractivity contribution >= 4 is 0 Å². The summed E-state index contributed by atoms with van der Waals surface area (Å²) in [6.07, 6.45) is 5.33. The van der Waals surface area contributed by atoms with Gasteiger partial charge in [-0.15, -0.1) is 0 Å². The maximum absolute atomic E-state index is 9.58. The van der Waals surface area contributed by atoms with Gasteiger partial charge in [-0.1, -0.05) is 23.4 Å². The summed E-state index contributed by atoms with van der Waals surface area (Å²) in [7, 11) is 0. The van der Waals surface area contributed by atoms with E-state index in [1.54, 1.807) is 12.1 Å². The molecule has 2 fully saturated rings. The van der Waals surface area contributed by atoms with Gasteiger partial charge in [0.15, 0.2) is 0 Å². The molecule has 1 unspecified atom stereocenters. The second-order valence-electron chi connectivity index (χ2n) is 10.8. The number of hydrogen-bond donors (Lipinski definition) is 0. The van der Waals surface area contributed by atoms with Crippen molar-refractivity contribution in [2.45, 2.75) is 63.0 Å². The van der Waals surface area contributed by atoms with Crippen LogP contribution in [0.25, 0.3) is 27.7 Å². The van der Waals surface area contributed by atoms with Crippen LogP contribution >= 0.6 is 0 Å². The number of hydrogen-bond acceptors (Lipinski definition) is 6. The normalized spacial score (nSPS) is 21.9. The van der Waals surface area contributed by atoms with E-state index in [-0.39, 0.29) is 17.1 Å². The molecule has 6 rings (SSSR count). The number of aromatic nitrogens is 2. The average Bonchev–Trinajstić information content (AvgIpc) is 3.21.